The highest BCUT2D eigenvalue weighted by Crippen LogP contribution is 2.16. The lowest BCUT2D eigenvalue weighted by Crippen LogP contribution is -2.45. The van der Waals surface area contributed by atoms with E-state index in [2.05, 4.69) is 21.2 Å². The Balaban J connectivity index is 2.64. The first-order valence-electron chi connectivity index (χ1n) is 5.59. The lowest BCUT2D eigenvalue weighted by atomic mass is 10.1. The Kier molecular flexibility index (Phi) is 5.78. The molecule has 0 saturated heterocycles. The van der Waals surface area contributed by atoms with Crippen molar-refractivity contribution in [3.8, 4) is 0 Å². The van der Waals surface area contributed by atoms with Gasteiger partial charge in [-0.15, -0.1) is 0 Å². The first-order chi connectivity index (χ1) is 8.52. The maximum Gasteiger partial charge on any atom is 0.252 e. The molecule has 1 unspecified atom stereocenters. The van der Waals surface area contributed by atoms with E-state index in [0.29, 0.717) is 18.7 Å². The molecule has 0 aliphatic heterocycles. The van der Waals surface area contributed by atoms with Gasteiger partial charge in [0.25, 0.3) is 5.91 Å². The smallest absolute Gasteiger partial charge is 0.252 e. The van der Waals surface area contributed by atoms with Gasteiger partial charge in [-0.05, 0) is 35.0 Å². The van der Waals surface area contributed by atoms with Crippen LogP contribution >= 0.6 is 15.9 Å². The zero-order valence-electron chi connectivity index (χ0n) is 10.8. The second kappa shape index (κ2) is 6.87. The van der Waals surface area contributed by atoms with Gasteiger partial charge in [0.1, 0.15) is 5.60 Å². The summed E-state index contributed by atoms with van der Waals surface area (Å²) in [5, 5.41) is 2.84. The Bertz CT molecular complexity index is 411. The molecule has 1 N–H and O–H groups in total. The summed E-state index contributed by atoms with van der Waals surface area (Å²) < 4.78 is 11.2. The van der Waals surface area contributed by atoms with Crippen molar-refractivity contribution in [2.24, 2.45) is 0 Å². The normalized spacial score (nSPS) is 14.0. The molecule has 0 heterocycles. The number of methoxy groups -OCH3 is 2. The summed E-state index contributed by atoms with van der Waals surface area (Å²) in [6.45, 7) is 2.69. The minimum Gasteiger partial charge on any atom is -0.382 e. The lowest BCUT2D eigenvalue weighted by molar-refractivity contribution is -0.0479. The predicted molar refractivity (Wildman–Crippen MR) is 73.8 cm³/mol. The van der Waals surface area contributed by atoms with Gasteiger partial charge in [-0.2, -0.15) is 0 Å². The van der Waals surface area contributed by atoms with E-state index >= 15 is 0 Å². The second-order valence-electron chi connectivity index (χ2n) is 4.25. The number of carbonyl (C=O) groups is 1. The van der Waals surface area contributed by atoms with Gasteiger partial charge in [-0.3, -0.25) is 4.79 Å². The summed E-state index contributed by atoms with van der Waals surface area (Å²) in [6.07, 6.45) is 0. The maximum absolute atomic E-state index is 12.0. The zero-order chi connectivity index (χ0) is 13.6. The largest absolute Gasteiger partial charge is 0.382 e. The third-order valence-corrected chi connectivity index (χ3v) is 3.38. The van der Waals surface area contributed by atoms with Crippen molar-refractivity contribution in [3.63, 3.8) is 0 Å². The lowest BCUT2D eigenvalue weighted by Gasteiger charge is -2.27. The van der Waals surface area contributed by atoms with Crippen molar-refractivity contribution in [2.45, 2.75) is 12.5 Å². The Morgan fingerprint density at radius 2 is 2.06 bits per heavy atom. The molecular weight excluding hydrogens is 298 g/mol. The second-order valence-corrected chi connectivity index (χ2v) is 5.10. The molecule has 100 valence electrons. The highest BCUT2D eigenvalue weighted by Gasteiger charge is 2.24. The Hall–Kier alpha value is -0.910. The average molecular weight is 316 g/mol. The number of benzene rings is 1. The van der Waals surface area contributed by atoms with Gasteiger partial charge in [0.05, 0.1) is 12.2 Å². The minimum atomic E-state index is -0.522. The maximum atomic E-state index is 12.0. The zero-order valence-corrected chi connectivity index (χ0v) is 12.4. The molecular formula is C13H18BrNO3. The summed E-state index contributed by atoms with van der Waals surface area (Å²) in [6, 6.07) is 7.29. The number of nitrogens with one attached hydrogen (secondary N) is 1. The van der Waals surface area contributed by atoms with Gasteiger partial charge in [0, 0.05) is 25.2 Å². The fourth-order valence-electron chi connectivity index (χ4n) is 1.50. The van der Waals surface area contributed by atoms with Crippen LogP contribution in [-0.4, -0.2) is 38.9 Å². The molecule has 18 heavy (non-hydrogen) atoms. The molecule has 1 aromatic rings. The molecule has 1 rings (SSSR count). The van der Waals surface area contributed by atoms with E-state index in [-0.39, 0.29) is 5.91 Å². The molecule has 0 aliphatic carbocycles. The van der Waals surface area contributed by atoms with Crippen LogP contribution in [0.3, 0.4) is 0 Å². The van der Waals surface area contributed by atoms with Crippen LogP contribution in [0, 0.1) is 0 Å². The van der Waals surface area contributed by atoms with Gasteiger partial charge in [0.2, 0.25) is 0 Å². The summed E-state index contributed by atoms with van der Waals surface area (Å²) >= 11 is 3.35. The van der Waals surface area contributed by atoms with Gasteiger partial charge in [-0.25, -0.2) is 0 Å². The van der Waals surface area contributed by atoms with Crippen LogP contribution in [0.4, 0.5) is 0 Å². The minimum absolute atomic E-state index is 0.137. The molecule has 0 radical (unpaired) electrons. The monoisotopic (exact) mass is 315 g/mol. The average Bonchev–Trinajstić information content (AvgIpc) is 2.37. The first-order valence-corrected chi connectivity index (χ1v) is 6.38. The Labute approximate surface area is 116 Å². The molecule has 4 nitrogen and oxygen atoms in total. The molecule has 0 fully saturated rings. The highest BCUT2D eigenvalue weighted by atomic mass is 79.9. The van der Waals surface area contributed by atoms with E-state index in [4.69, 9.17) is 9.47 Å². The van der Waals surface area contributed by atoms with Crippen LogP contribution < -0.4 is 5.32 Å². The van der Waals surface area contributed by atoms with Gasteiger partial charge in [0.15, 0.2) is 0 Å². The summed E-state index contributed by atoms with van der Waals surface area (Å²) in [7, 11) is 3.20. The van der Waals surface area contributed by atoms with Crippen LogP contribution in [-0.2, 0) is 9.47 Å². The number of hydrogen-bond donors (Lipinski definition) is 1. The Morgan fingerprint density at radius 3 is 2.61 bits per heavy atom. The van der Waals surface area contributed by atoms with Crippen molar-refractivity contribution in [1.82, 2.24) is 5.32 Å². The van der Waals surface area contributed by atoms with Crippen LogP contribution in [0.5, 0.6) is 0 Å². The summed E-state index contributed by atoms with van der Waals surface area (Å²) in [5.74, 6) is -0.137. The third-order valence-electron chi connectivity index (χ3n) is 2.68. The first kappa shape index (κ1) is 15.1. The summed E-state index contributed by atoms with van der Waals surface area (Å²) in [5.41, 5.74) is 0.0828. The van der Waals surface area contributed by atoms with Crippen LogP contribution in [0.15, 0.2) is 28.7 Å². The molecule has 0 saturated carbocycles. The third kappa shape index (κ3) is 4.08. The molecule has 1 atom stereocenters. The van der Waals surface area contributed by atoms with Crippen molar-refractivity contribution in [3.05, 3.63) is 34.3 Å². The van der Waals surface area contributed by atoms with Crippen LogP contribution in [0.1, 0.15) is 17.3 Å². The number of halogens is 1. The SMILES string of the molecule is COCC(C)(CNC(=O)c1ccccc1Br)OC. The van der Waals surface area contributed by atoms with E-state index in [1.807, 2.05) is 25.1 Å². The number of rotatable bonds is 6. The predicted octanol–water partition coefficient (Wildman–Crippen LogP) is 2.23. The molecule has 5 heteroatoms. The molecule has 1 amide bonds. The number of amides is 1. The quantitative estimate of drug-likeness (QED) is 0.875. The molecule has 0 bridgehead atoms. The number of ether oxygens (including phenoxy) is 2. The van der Waals surface area contributed by atoms with E-state index in [9.17, 15) is 4.79 Å². The van der Waals surface area contributed by atoms with Gasteiger partial charge in [-0.1, -0.05) is 12.1 Å². The summed E-state index contributed by atoms with van der Waals surface area (Å²) in [4.78, 5) is 12.0. The molecule has 1 aromatic carbocycles. The van der Waals surface area contributed by atoms with E-state index < -0.39 is 5.60 Å². The van der Waals surface area contributed by atoms with Gasteiger partial charge >= 0.3 is 0 Å². The van der Waals surface area contributed by atoms with Crippen LogP contribution in [0.25, 0.3) is 0 Å². The fourth-order valence-corrected chi connectivity index (χ4v) is 1.96. The van der Waals surface area contributed by atoms with Crippen molar-refractivity contribution in [2.75, 3.05) is 27.4 Å². The molecule has 0 aromatic heterocycles. The molecule has 0 spiro atoms. The standard InChI is InChI=1S/C13H18BrNO3/c1-13(18-3,9-17-2)8-15-12(16)10-6-4-5-7-11(10)14/h4-7H,8-9H2,1-3H3,(H,15,16). The highest BCUT2D eigenvalue weighted by molar-refractivity contribution is 9.10. The fraction of sp³-hybridized carbons (Fsp3) is 0.462. The van der Waals surface area contributed by atoms with Gasteiger partial charge < -0.3 is 14.8 Å². The van der Waals surface area contributed by atoms with Crippen LogP contribution in [0.2, 0.25) is 0 Å². The topological polar surface area (TPSA) is 47.6 Å². The van der Waals surface area contributed by atoms with Crippen molar-refractivity contribution >= 4 is 21.8 Å². The Morgan fingerprint density at radius 1 is 1.39 bits per heavy atom. The van der Waals surface area contributed by atoms with Crippen molar-refractivity contribution < 1.29 is 14.3 Å². The van der Waals surface area contributed by atoms with Crippen molar-refractivity contribution in [1.29, 1.82) is 0 Å². The van der Waals surface area contributed by atoms with E-state index in [1.54, 1.807) is 20.3 Å². The molecule has 0 aliphatic rings. The van der Waals surface area contributed by atoms with E-state index in [0.717, 1.165) is 4.47 Å². The number of carbonyl (C=O) groups excluding carboxylic acids is 1. The number of hydrogen-bond acceptors (Lipinski definition) is 3. The van der Waals surface area contributed by atoms with E-state index in [1.165, 1.54) is 0 Å².